The van der Waals surface area contributed by atoms with Crippen LogP contribution in [0.4, 0.5) is 0 Å². The van der Waals surface area contributed by atoms with Crippen LogP contribution in [0.25, 0.3) is 10.8 Å². The Labute approximate surface area is 158 Å². The molecule has 5 nitrogen and oxygen atoms in total. The van der Waals surface area contributed by atoms with Crippen LogP contribution in [0.1, 0.15) is 47.9 Å². The van der Waals surface area contributed by atoms with Crippen LogP contribution in [0.2, 0.25) is 0 Å². The molecule has 27 heavy (non-hydrogen) atoms. The van der Waals surface area contributed by atoms with Gasteiger partial charge in [-0.3, -0.25) is 9.59 Å². The van der Waals surface area contributed by atoms with Crippen LogP contribution in [-0.2, 0) is 0 Å². The predicted molar refractivity (Wildman–Crippen MR) is 107 cm³/mol. The average molecular weight is 364 g/mol. The van der Waals surface area contributed by atoms with Crippen molar-refractivity contribution in [3.05, 3.63) is 81.8 Å². The van der Waals surface area contributed by atoms with E-state index < -0.39 is 0 Å². The summed E-state index contributed by atoms with van der Waals surface area (Å²) in [5, 5.41) is 4.21. The first-order valence-electron chi connectivity index (χ1n) is 9.21. The minimum absolute atomic E-state index is 0.107. The Morgan fingerprint density at radius 2 is 1.67 bits per heavy atom. The summed E-state index contributed by atoms with van der Waals surface area (Å²) in [4.78, 5) is 31.4. The molecular formula is C22H24N2O3. The van der Waals surface area contributed by atoms with Gasteiger partial charge in [0.15, 0.2) is 0 Å². The number of pyridine rings is 1. The molecule has 1 heterocycles. The third-order valence-corrected chi connectivity index (χ3v) is 4.68. The van der Waals surface area contributed by atoms with E-state index in [1.54, 1.807) is 25.1 Å². The van der Waals surface area contributed by atoms with Crippen molar-refractivity contribution < 1.29 is 9.63 Å². The fourth-order valence-corrected chi connectivity index (χ4v) is 3.35. The van der Waals surface area contributed by atoms with Crippen molar-refractivity contribution in [1.82, 2.24) is 10.0 Å². The zero-order valence-corrected chi connectivity index (χ0v) is 15.9. The van der Waals surface area contributed by atoms with Crippen molar-refractivity contribution >= 4 is 16.7 Å². The number of nitrogens with one attached hydrogen (secondary N) is 1. The van der Waals surface area contributed by atoms with E-state index in [0.29, 0.717) is 28.6 Å². The lowest BCUT2D eigenvalue weighted by Gasteiger charge is -2.20. The smallest absolute Gasteiger partial charge is 0.291 e. The molecule has 0 aliphatic carbocycles. The van der Waals surface area contributed by atoms with Crippen molar-refractivity contribution in [1.29, 1.82) is 0 Å². The predicted octanol–water partition coefficient (Wildman–Crippen LogP) is 3.64. The summed E-state index contributed by atoms with van der Waals surface area (Å²) in [6, 6.07) is 16.9. The number of rotatable bonds is 6. The molecule has 0 aliphatic heterocycles. The SMILES string of the molecule is CCOn1c(C)c(C(=O)N[C@H](CC)c2ccccc2)c2ccccc2c1=O. The van der Waals surface area contributed by atoms with Crippen LogP contribution >= 0.6 is 0 Å². The van der Waals surface area contributed by atoms with Crippen molar-refractivity contribution in [3.8, 4) is 0 Å². The highest BCUT2D eigenvalue weighted by molar-refractivity contribution is 6.07. The summed E-state index contributed by atoms with van der Waals surface area (Å²) in [5.41, 5.74) is 1.76. The molecule has 0 saturated heterocycles. The van der Waals surface area contributed by atoms with E-state index in [0.717, 1.165) is 12.0 Å². The van der Waals surface area contributed by atoms with E-state index in [1.807, 2.05) is 50.2 Å². The second-order valence-electron chi connectivity index (χ2n) is 6.37. The van der Waals surface area contributed by atoms with Crippen molar-refractivity contribution in [2.75, 3.05) is 6.61 Å². The summed E-state index contributed by atoms with van der Waals surface area (Å²) in [6.45, 7) is 5.91. The largest absolute Gasteiger partial charge is 0.411 e. The zero-order valence-electron chi connectivity index (χ0n) is 15.9. The lowest BCUT2D eigenvalue weighted by Crippen LogP contribution is -2.34. The van der Waals surface area contributed by atoms with Gasteiger partial charge in [0.2, 0.25) is 0 Å². The van der Waals surface area contributed by atoms with Gasteiger partial charge in [-0.05, 0) is 31.9 Å². The number of aromatic nitrogens is 1. The quantitative estimate of drug-likeness (QED) is 0.726. The van der Waals surface area contributed by atoms with Gasteiger partial charge in [-0.15, -0.1) is 4.73 Å². The first-order chi connectivity index (χ1) is 13.1. The molecule has 0 saturated carbocycles. The molecule has 140 valence electrons. The maximum absolute atomic E-state index is 13.2. The highest BCUT2D eigenvalue weighted by atomic mass is 16.7. The van der Waals surface area contributed by atoms with E-state index in [9.17, 15) is 9.59 Å². The normalized spacial score (nSPS) is 12.0. The van der Waals surface area contributed by atoms with Gasteiger partial charge in [0.25, 0.3) is 11.5 Å². The fourth-order valence-electron chi connectivity index (χ4n) is 3.35. The molecular weight excluding hydrogens is 340 g/mol. The van der Waals surface area contributed by atoms with Crippen LogP contribution in [-0.4, -0.2) is 17.2 Å². The van der Waals surface area contributed by atoms with Crippen molar-refractivity contribution in [3.63, 3.8) is 0 Å². The van der Waals surface area contributed by atoms with E-state index in [2.05, 4.69) is 5.32 Å². The van der Waals surface area contributed by atoms with E-state index in [-0.39, 0.29) is 17.5 Å². The lowest BCUT2D eigenvalue weighted by molar-refractivity contribution is 0.0912. The number of carbonyl (C=O) groups is 1. The second-order valence-corrected chi connectivity index (χ2v) is 6.37. The van der Waals surface area contributed by atoms with E-state index in [4.69, 9.17) is 4.84 Å². The molecule has 3 aromatic rings. The summed E-state index contributed by atoms with van der Waals surface area (Å²) < 4.78 is 1.22. The Hall–Kier alpha value is -3.08. The van der Waals surface area contributed by atoms with Gasteiger partial charge in [-0.2, -0.15) is 0 Å². The van der Waals surface area contributed by atoms with Gasteiger partial charge < -0.3 is 10.2 Å². The van der Waals surface area contributed by atoms with Crippen LogP contribution in [0.5, 0.6) is 0 Å². The molecule has 0 aliphatic rings. The third kappa shape index (κ3) is 3.58. The van der Waals surface area contributed by atoms with Crippen LogP contribution in [0, 0.1) is 6.92 Å². The Balaban J connectivity index is 2.10. The average Bonchev–Trinajstić information content (AvgIpc) is 2.70. The molecule has 2 aromatic carbocycles. The number of carbonyl (C=O) groups excluding carboxylic acids is 1. The van der Waals surface area contributed by atoms with Crippen molar-refractivity contribution in [2.45, 2.75) is 33.2 Å². The Morgan fingerprint density at radius 3 is 2.30 bits per heavy atom. The van der Waals surface area contributed by atoms with Crippen LogP contribution < -0.4 is 15.7 Å². The van der Waals surface area contributed by atoms with Gasteiger partial charge in [0.1, 0.15) is 6.61 Å². The molecule has 3 rings (SSSR count). The Kier molecular flexibility index (Phi) is 5.60. The molecule has 1 N–H and O–H groups in total. The standard InChI is InChI=1S/C22H24N2O3/c1-4-19(16-11-7-6-8-12-16)23-21(25)20-15(3)24(27-5-2)22(26)18-14-10-9-13-17(18)20/h6-14,19H,4-5H2,1-3H3,(H,23,25)/t19-/m1/s1. The number of amides is 1. The molecule has 1 amide bonds. The zero-order chi connectivity index (χ0) is 19.4. The maximum Gasteiger partial charge on any atom is 0.291 e. The Bertz CT molecular complexity index is 1010. The molecule has 0 unspecified atom stereocenters. The summed E-state index contributed by atoms with van der Waals surface area (Å²) in [6.07, 6.45) is 0.762. The number of hydrogen-bond acceptors (Lipinski definition) is 3. The molecule has 0 spiro atoms. The maximum atomic E-state index is 13.2. The molecule has 5 heteroatoms. The number of hydrogen-bond donors (Lipinski definition) is 1. The third-order valence-electron chi connectivity index (χ3n) is 4.68. The fraction of sp³-hybridized carbons (Fsp3) is 0.273. The van der Waals surface area contributed by atoms with Gasteiger partial charge in [-0.1, -0.05) is 55.5 Å². The van der Waals surface area contributed by atoms with Gasteiger partial charge >= 0.3 is 0 Å². The highest BCUT2D eigenvalue weighted by Crippen LogP contribution is 2.22. The van der Waals surface area contributed by atoms with Crippen LogP contribution in [0.15, 0.2) is 59.4 Å². The van der Waals surface area contributed by atoms with E-state index in [1.165, 1.54) is 4.73 Å². The first kappa shape index (κ1) is 18.7. The van der Waals surface area contributed by atoms with Gasteiger partial charge in [0.05, 0.1) is 22.7 Å². The minimum atomic E-state index is -0.253. The number of fused-ring (bicyclic) bond motifs is 1. The summed E-state index contributed by atoms with van der Waals surface area (Å²) >= 11 is 0. The summed E-state index contributed by atoms with van der Waals surface area (Å²) in [7, 11) is 0. The van der Waals surface area contributed by atoms with Crippen molar-refractivity contribution in [2.24, 2.45) is 0 Å². The minimum Gasteiger partial charge on any atom is -0.411 e. The van der Waals surface area contributed by atoms with Gasteiger partial charge in [0, 0.05) is 5.39 Å². The van der Waals surface area contributed by atoms with Crippen LogP contribution in [0.3, 0.4) is 0 Å². The molecule has 0 radical (unpaired) electrons. The monoisotopic (exact) mass is 364 g/mol. The van der Waals surface area contributed by atoms with E-state index >= 15 is 0 Å². The number of nitrogens with zero attached hydrogens (tertiary/aromatic N) is 1. The molecule has 0 bridgehead atoms. The topological polar surface area (TPSA) is 60.3 Å². The number of benzene rings is 2. The lowest BCUT2D eigenvalue weighted by atomic mass is 10.0. The molecule has 1 aromatic heterocycles. The summed E-state index contributed by atoms with van der Waals surface area (Å²) in [5.74, 6) is -0.215. The molecule has 1 atom stereocenters. The highest BCUT2D eigenvalue weighted by Gasteiger charge is 2.22. The van der Waals surface area contributed by atoms with Gasteiger partial charge in [-0.25, -0.2) is 0 Å². The Morgan fingerprint density at radius 1 is 1.04 bits per heavy atom. The first-order valence-corrected chi connectivity index (χ1v) is 9.21. The molecule has 0 fully saturated rings. The second kappa shape index (κ2) is 8.08.